The maximum absolute atomic E-state index is 3.91. The van der Waals surface area contributed by atoms with E-state index in [4.69, 9.17) is 0 Å². The van der Waals surface area contributed by atoms with E-state index in [-0.39, 0.29) is 5.41 Å². The molecule has 160 valence electrons. The van der Waals surface area contributed by atoms with Gasteiger partial charge >= 0.3 is 0 Å². The molecule has 34 heavy (non-hydrogen) atoms. The summed E-state index contributed by atoms with van der Waals surface area (Å²) in [5.41, 5.74) is 12.1. The van der Waals surface area contributed by atoms with Crippen LogP contribution in [0.1, 0.15) is 27.8 Å². The number of halogens is 1. The van der Waals surface area contributed by atoms with Gasteiger partial charge in [0.1, 0.15) is 0 Å². The topological polar surface area (TPSA) is 0 Å². The number of aryl methyl sites for hydroxylation is 1. The van der Waals surface area contributed by atoms with E-state index in [1.54, 1.807) is 0 Å². The van der Waals surface area contributed by atoms with Crippen molar-refractivity contribution in [3.8, 4) is 22.3 Å². The molecule has 1 aromatic heterocycles. The van der Waals surface area contributed by atoms with Gasteiger partial charge in [-0.1, -0.05) is 94.8 Å². The molecule has 0 N–H and O–H groups in total. The molecule has 1 heterocycles. The van der Waals surface area contributed by atoms with E-state index in [0.717, 1.165) is 0 Å². The zero-order chi connectivity index (χ0) is 22.6. The Bertz CT molecular complexity index is 1840. The standard InChI is InChI=1S/C32H19BrS/c1-18-8-6-12-22-28(18)31-24(16-17-27-30(31)20-10-3-5-15-26(20)34-27)32(22)21-11-4-2-9-19(21)29-23(32)13-7-14-25(29)33/h2-17H,1H3. The molecule has 0 saturated heterocycles. The first-order valence-electron chi connectivity index (χ1n) is 11.7. The highest BCUT2D eigenvalue weighted by Crippen LogP contribution is 2.65. The second-order valence-electron chi connectivity index (χ2n) is 9.41. The van der Waals surface area contributed by atoms with Gasteiger partial charge in [-0.25, -0.2) is 0 Å². The SMILES string of the molecule is Cc1cccc2c1-c1c(ccc3sc4ccccc4c13)C21c2ccccc2-c2c(Br)cccc21. The molecule has 1 atom stereocenters. The van der Waals surface area contributed by atoms with Crippen molar-refractivity contribution < 1.29 is 0 Å². The third-order valence-electron chi connectivity index (χ3n) is 7.89. The molecule has 0 radical (unpaired) electrons. The summed E-state index contributed by atoms with van der Waals surface area (Å²) < 4.78 is 3.89. The molecule has 1 unspecified atom stereocenters. The van der Waals surface area contributed by atoms with Crippen LogP contribution in [0.25, 0.3) is 42.4 Å². The van der Waals surface area contributed by atoms with Crippen molar-refractivity contribution >= 4 is 47.4 Å². The summed E-state index contributed by atoms with van der Waals surface area (Å²) in [6.45, 7) is 2.28. The van der Waals surface area contributed by atoms with E-state index in [1.165, 1.54) is 74.7 Å². The maximum Gasteiger partial charge on any atom is 0.0726 e. The minimum Gasteiger partial charge on any atom is -0.135 e. The Morgan fingerprint density at radius 1 is 0.588 bits per heavy atom. The summed E-state index contributed by atoms with van der Waals surface area (Å²) in [5.74, 6) is 0. The molecule has 5 aromatic carbocycles. The molecule has 0 amide bonds. The molecular weight excluding hydrogens is 496 g/mol. The highest BCUT2D eigenvalue weighted by atomic mass is 79.9. The summed E-state index contributed by atoms with van der Waals surface area (Å²) in [7, 11) is 0. The number of thiophene rings is 1. The lowest BCUT2D eigenvalue weighted by Gasteiger charge is -2.30. The summed E-state index contributed by atoms with van der Waals surface area (Å²) in [6, 6.07) is 36.3. The lowest BCUT2D eigenvalue weighted by Crippen LogP contribution is -2.25. The molecule has 0 saturated carbocycles. The smallest absolute Gasteiger partial charge is 0.0726 e. The van der Waals surface area contributed by atoms with Crippen molar-refractivity contribution in [2.24, 2.45) is 0 Å². The van der Waals surface area contributed by atoms with Crippen molar-refractivity contribution in [3.63, 3.8) is 0 Å². The molecule has 0 aliphatic heterocycles. The van der Waals surface area contributed by atoms with Crippen LogP contribution in [0.15, 0.2) is 102 Å². The first-order chi connectivity index (χ1) is 16.7. The van der Waals surface area contributed by atoms with Crippen LogP contribution in [0.3, 0.4) is 0 Å². The molecule has 0 nitrogen and oxygen atoms in total. The van der Waals surface area contributed by atoms with Gasteiger partial charge in [0.25, 0.3) is 0 Å². The fourth-order valence-corrected chi connectivity index (χ4v) is 8.40. The van der Waals surface area contributed by atoms with Gasteiger partial charge in [0.2, 0.25) is 0 Å². The van der Waals surface area contributed by atoms with Crippen LogP contribution < -0.4 is 0 Å². The molecular formula is C32H19BrS. The number of rotatable bonds is 0. The first kappa shape index (κ1) is 19.1. The van der Waals surface area contributed by atoms with Gasteiger partial charge in [-0.15, -0.1) is 11.3 Å². The van der Waals surface area contributed by atoms with Crippen molar-refractivity contribution in [2.75, 3.05) is 0 Å². The van der Waals surface area contributed by atoms with Crippen LogP contribution in [0.5, 0.6) is 0 Å². The van der Waals surface area contributed by atoms with E-state index < -0.39 is 0 Å². The van der Waals surface area contributed by atoms with Gasteiger partial charge in [0, 0.05) is 30.2 Å². The second kappa shape index (κ2) is 6.47. The molecule has 1 spiro atoms. The summed E-state index contributed by atoms with van der Waals surface area (Å²) in [6.07, 6.45) is 0. The van der Waals surface area contributed by atoms with Crippen LogP contribution in [-0.2, 0) is 5.41 Å². The zero-order valence-electron chi connectivity index (χ0n) is 18.5. The normalized spacial score (nSPS) is 17.2. The van der Waals surface area contributed by atoms with E-state index in [2.05, 4.69) is 120 Å². The molecule has 0 fully saturated rings. The van der Waals surface area contributed by atoms with Gasteiger partial charge < -0.3 is 0 Å². The predicted molar refractivity (Wildman–Crippen MR) is 148 cm³/mol. The first-order valence-corrected chi connectivity index (χ1v) is 13.3. The zero-order valence-corrected chi connectivity index (χ0v) is 20.9. The third-order valence-corrected chi connectivity index (χ3v) is 9.69. The highest BCUT2D eigenvalue weighted by molar-refractivity contribution is 9.10. The van der Waals surface area contributed by atoms with Crippen LogP contribution >= 0.6 is 27.3 Å². The quantitative estimate of drug-likeness (QED) is 0.189. The van der Waals surface area contributed by atoms with Crippen molar-refractivity contribution in [3.05, 3.63) is 129 Å². The molecule has 2 aliphatic rings. The van der Waals surface area contributed by atoms with Gasteiger partial charge in [0.05, 0.1) is 5.41 Å². The second-order valence-corrected chi connectivity index (χ2v) is 11.4. The molecule has 8 rings (SSSR count). The average molecular weight is 515 g/mol. The molecule has 6 aromatic rings. The Balaban J connectivity index is 1.67. The van der Waals surface area contributed by atoms with Crippen molar-refractivity contribution in [1.29, 1.82) is 0 Å². The van der Waals surface area contributed by atoms with Crippen molar-refractivity contribution in [2.45, 2.75) is 12.3 Å². The van der Waals surface area contributed by atoms with Gasteiger partial charge in [0.15, 0.2) is 0 Å². The number of hydrogen-bond donors (Lipinski definition) is 0. The molecule has 0 bridgehead atoms. The Morgan fingerprint density at radius 3 is 2.21 bits per heavy atom. The van der Waals surface area contributed by atoms with E-state index in [0.29, 0.717) is 0 Å². The van der Waals surface area contributed by atoms with Crippen molar-refractivity contribution in [1.82, 2.24) is 0 Å². The molecule has 2 aliphatic carbocycles. The number of benzene rings is 5. The Hall–Kier alpha value is -3.20. The van der Waals surface area contributed by atoms with E-state index >= 15 is 0 Å². The summed E-state index contributed by atoms with van der Waals surface area (Å²) in [5, 5.41) is 2.78. The van der Waals surface area contributed by atoms with Gasteiger partial charge in [-0.3, -0.25) is 0 Å². The minimum atomic E-state index is -0.302. The Labute approximate surface area is 210 Å². The van der Waals surface area contributed by atoms with Crippen LogP contribution in [0.2, 0.25) is 0 Å². The average Bonchev–Trinajstić information content (AvgIpc) is 3.48. The summed E-state index contributed by atoms with van der Waals surface area (Å²) in [4.78, 5) is 0. The Kier molecular flexibility index (Phi) is 3.64. The van der Waals surface area contributed by atoms with Crippen LogP contribution in [-0.4, -0.2) is 0 Å². The third kappa shape index (κ3) is 2.07. The van der Waals surface area contributed by atoms with Crippen LogP contribution in [0.4, 0.5) is 0 Å². The summed E-state index contributed by atoms with van der Waals surface area (Å²) >= 11 is 5.82. The Morgan fingerprint density at radius 2 is 1.29 bits per heavy atom. The fraction of sp³-hybridized carbons (Fsp3) is 0.0625. The lowest BCUT2D eigenvalue weighted by atomic mass is 9.70. The largest absolute Gasteiger partial charge is 0.135 e. The highest BCUT2D eigenvalue weighted by Gasteiger charge is 2.52. The maximum atomic E-state index is 3.91. The minimum absolute atomic E-state index is 0.302. The number of hydrogen-bond acceptors (Lipinski definition) is 1. The van der Waals surface area contributed by atoms with Gasteiger partial charge in [-0.05, 0) is 69.6 Å². The van der Waals surface area contributed by atoms with E-state index in [9.17, 15) is 0 Å². The van der Waals surface area contributed by atoms with Gasteiger partial charge in [-0.2, -0.15) is 0 Å². The van der Waals surface area contributed by atoms with E-state index in [1.807, 2.05) is 11.3 Å². The lowest BCUT2D eigenvalue weighted by molar-refractivity contribution is 0.794. The monoisotopic (exact) mass is 514 g/mol. The van der Waals surface area contributed by atoms with Crippen LogP contribution in [0, 0.1) is 6.92 Å². The predicted octanol–water partition coefficient (Wildman–Crippen LogP) is 9.47. The fourth-order valence-electron chi connectivity index (χ4n) is 6.71. The molecule has 2 heteroatoms. The number of fused-ring (bicyclic) bond motifs is 14.